The van der Waals surface area contributed by atoms with E-state index in [1.807, 2.05) is 49.4 Å². The lowest BCUT2D eigenvalue weighted by Gasteiger charge is -2.41. The summed E-state index contributed by atoms with van der Waals surface area (Å²) in [5.74, 6) is 0.959. The molecular formula is C28H31Cl2NO4S. The summed E-state index contributed by atoms with van der Waals surface area (Å²) in [6, 6.07) is 19.9. The van der Waals surface area contributed by atoms with Gasteiger partial charge in [0.05, 0.1) is 18.4 Å². The van der Waals surface area contributed by atoms with Crippen molar-refractivity contribution >= 4 is 33.0 Å². The Balaban J connectivity index is 1.65. The van der Waals surface area contributed by atoms with Crippen LogP contribution in [0.4, 0.5) is 0 Å². The van der Waals surface area contributed by atoms with Crippen LogP contribution >= 0.6 is 23.2 Å². The zero-order chi connectivity index (χ0) is 25.8. The molecule has 0 saturated carbocycles. The summed E-state index contributed by atoms with van der Waals surface area (Å²) >= 11 is 12.3. The van der Waals surface area contributed by atoms with Gasteiger partial charge in [0, 0.05) is 15.8 Å². The molecule has 0 amide bonds. The van der Waals surface area contributed by atoms with Gasteiger partial charge in [0.2, 0.25) is 0 Å². The van der Waals surface area contributed by atoms with Crippen LogP contribution in [-0.2, 0) is 21.9 Å². The topological polar surface area (TPSA) is 75.6 Å². The maximum absolute atomic E-state index is 12.4. The maximum atomic E-state index is 12.4. The zero-order valence-corrected chi connectivity index (χ0v) is 22.5. The van der Waals surface area contributed by atoms with Gasteiger partial charge in [-0.25, -0.2) is 8.42 Å². The van der Waals surface area contributed by atoms with E-state index in [1.54, 1.807) is 24.3 Å². The molecule has 36 heavy (non-hydrogen) atoms. The minimum Gasteiger partial charge on any atom is -0.494 e. The molecule has 1 atom stereocenters. The monoisotopic (exact) mass is 547 g/mol. The summed E-state index contributed by atoms with van der Waals surface area (Å²) in [6.07, 6.45) is 1.87. The summed E-state index contributed by atoms with van der Waals surface area (Å²) < 4.78 is 29.9. The Morgan fingerprint density at radius 2 is 1.58 bits per heavy atom. The molecule has 0 bridgehead atoms. The minimum atomic E-state index is -3.04. The molecule has 0 aromatic heterocycles. The molecule has 1 aliphatic rings. The van der Waals surface area contributed by atoms with Gasteiger partial charge in [0.1, 0.15) is 21.2 Å². The number of aliphatic hydroxyl groups is 1. The first-order valence-electron chi connectivity index (χ1n) is 12.2. The molecule has 3 aromatic carbocycles. The van der Waals surface area contributed by atoms with Gasteiger partial charge in [-0.15, -0.1) is 0 Å². The van der Waals surface area contributed by atoms with E-state index in [1.165, 1.54) is 0 Å². The third kappa shape index (κ3) is 6.06. The lowest BCUT2D eigenvalue weighted by Crippen LogP contribution is -2.46. The molecule has 4 rings (SSSR count). The van der Waals surface area contributed by atoms with Crippen LogP contribution in [0.2, 0.25) is 10.0 Å². The Labute approximate surface area is 223 Å². The van der Waals surface area contributed by atoms with Crippen molar-refractivity contribution in [3.8, 4) is 5.75 Å². The van der Waals surface area contributed by atoms with Gasteiger partial charge in [-0.3, -0.25) is 0 Å². The minimum absolute atomic E-state index is 0.114. The van der Waals surface area contributed by atoms with E-state index < -0.39 is 21.5 Å². The maximum Gasteiger partial charge on any atom is 0.150 e. The number of halogens is 2. The van der Waals surface area contributed by atoms with E-state index >= 15 is 0 Å². The second-order valence-corrected chi connectivity index (χ2v) is 12.3. The third-order valence-electron chi connectivity index (χ3n) is 6.54. The number of hydrogen-bond acceptors (Lipinski definition) is 5. The molecule has 0 saturated heterocycles. The first-order chi connectivity index (χ1) is 17.2. The number of hydrogen-bond donors (Lipinski definition) is 2. The Morgan fingerprint density at radius 3 is 2.17 bits per heavy atom. The van der Waals surface area contributed by atoms with Crippen molar-refractivity contribution in [2.24, 2.45) is 0 Å². The van der Waals surface area contributed by atoms with E-state index in [4.69, 9.17) is 27.9 Å². The van der Waals surface area contributed by atoms with Crippen LogP contribution in [0.5, 0.6) is 5.75 Å². The molecular weight excluding hydrogens is 517 g/mol. The fourth-order valence-corrected chi connectivity index (χ4v) is 6.42. The van der Waals surface area contributed by atoms with Gasteiger partial charge in [-0.1, -0.05) is 60.5 Å². The largest absolute Gasteiger partial charge is 0.494 e. The number of ether oxygens (including phenoxy) is 1. The molecule has 0 aliphatic carbocycles. The van der Waals surface area contributed by atoms with Crippen LogP contribution in [0.3, 0.4) is 0 Å². The van der Waals surface area contributed by atoms with Crippen molar-refractivity contribution in [1.29, 1.82) is 0 Å². The predicted octanol–water partition coefficient (Wildman–Crippen LogP) is 5.71. The highest BCUT2D eigenvalue weighted by Crippen LogP contribution is 2.44. The molecule has 1 unspecified atom stereocenters. The highest BCUT2D eigenvalue weighted by atomic mass is 35.5. The van der Waals surface area contributed by atoms with E-state index in [2.05, 4.69) is 5.32 Å². The van der Waals surface area contributed by atoms with Crippen molar-refractivity contribution in [2.45, 2.75) is 37.8 Å². The normalized spacial score (nSPS) is 15.9. The molecule has 192 valence electrons. The average Bonchev–Trinajstić information content (AvgIpc) is 2.86. The Bertz CT molecular complexity index is 1230. The summed E-state index contributed by atoms with van der Waals surface area (Å²) in [7, 11) is -3.04. The molecule has 8 heteroatoms. The molecule has 3 aromatic rings. The first-order valence-corrected chi connectivity index (χ1v) is 14.7. The summed E-state index contributed by atoms with van der Waals surface area (Å²) in [5, 5.41) is 17.1. The van der Waals surface area contributed by atoms with Gasteiger partial charge in [0.15, 0.2) is 0 Å². The van der Waals surface area contributed by atoms with Gasteiger partial charge in [-0.05, 0) is 84.5 Å². The third-order valence-corrected chi connectivity index (χ3v) is 8.99. The quantitative estimate of drug-likeness (QED) is 0.318. The van der Waals surface area contributed by atoms with Crippen LogP contribution in [0.15, 0.2) is 66.7 Å². The molecule has 1 heterocycles. The van der Waals surface area contributed by atoms with Gasteiger partial charge in [0.25, 0.3) is 0 Å². The van der Waals surface area contributed by atoms with Crippen molar-refractivity contribution in [2.75, 3.05) is 24.7 Å². The van der Waals surface area contributed by atoms with Crippen LogP contribution in [0.1, 0.15) is 48.1 Å². The highest BCUT2D eigenvalue weighted by molar-refractivity contribution is 7.91. The predicted molar refractivity (Wildman–Crippen MR) is 146 cm³/mol. The Kier molecular flexibility index (Phi) is 8.63. The van der Waals surface area contributed by atoms with Gasteiger partial charge >= 0.3 is 0 Å². The Hall–Kier alpha value is -2.09. The van der Waals surface area contributed by atoms with Crippen molar-refractivity contribution in [1.82, 2.24) is 5.32 Å². The second-order valence-electron chi connectivity index (χ2n) is 9.13. The van der Waals surface area contributed by atoms with Crippen molar-refractivity contribution in [3.05, 3.63) is 99.0 Å². The molecule has 0 radical (unpaired) electrons. The fourth-order valence-electron chi connectivity index (χ4n) is 4.78. The first kappa shape index (κ1) is 27.0. The number of nitrogens with one attached hydrogen (secondary N) is 1. The summed E-state index contributed by atoms with van der Waals surface area (Å²) in [5.41, 5.74) is 2.05. The molecule has 5 nitrogen and oxygen atoms in total. The van der Waals surface area contributed by atoms with Crippen LogP contribution < -0.4 is 10.1 Å². The average molecular weight is 549 g/mol. The lowest BCUT2D eigenvalue weighted by atomic mass is 9.74. The van der Waals surface area contributed by atoms with E-state index in [0.29, 0.717) is 52.9 Å². The number of rotatable bonds is 10. The van der Waals surface area contributed by atoms with Gasteiger partial charge < -0.3 is 15.2 Å². The van der Waals surface area contributed by atoms with E-state index in [0.717, 1.165) is 17.5 Å². The molecule has 0 spiro atoms. The molecule has 0 fully saturated rings. The number of sulfone groups is 1. The lowest BCUT2D eigenvalue weighted by molar-refractivity contribution is 0.0338. The van der Waals surface area contributed by atoms with E-state index in [-0.39, 0.29) is 11.5 Å². The summed E-state index contributed by atoms with van der Waals surface area (Å²) in [4.78, 5) is 0. The Morgan fingerprint density at radius 1 is 0.972 bits per heavy atom. The molecule has 2 N–H and O–H groups in total. The van der Waals surface area contributed by atoms with Crippen LogP contribution in [0, 0.1) is 0 Å². The smallest absolute Gasteiger partial charge is 0.150 e. The van der Waals surface area contributed by atoms with E-state index in [9.17, 15) is 13.5 Å². The number of fused-ring (bicyclic) bond motifs is 1. The summed E-state index contributed by atoms with van der Waals surface area (Å²) in [6.45, 7) is 2.87. The SMILES string of the molecule is CCCS(=O)(=O)CCCOc1ccc2c(c1)C(C(O)(c1ccc(Cl)cc1)c1ccc(Cl)cc1)NCC2. The van der Waals surface area contributed by atoms with Crippen molar-refractivity contribution in [3.63, 3.8) is 0 Å². The number of benzene rings is 3. The molecule has 1 aliphatic heterocycles. The van der Waals surface area contributed by atoms with Crippen molar-refractivity contribution < 1.29 is 18.3 Å². The van der Waals surface area contributed by atoms with Crippen LogP contribution in [-0.4, -0.2) is 38.2 Å². The zero-order valence-electron chi connectivity index (χ0n) is 20.2. The standard InChI is InChI=1S/C28H31Cl2NO4S/c1-2-17-36(33,34)18-3-16-35-25-13-4-20-14-15-31-27(26(20)19-25)28(32,21-5-9-23(29)10-6-21)22-7-11-24(30)12-8-22/h4-13,19,27,31-32H,2-3,14-18H2,1H3. The second kappa shape index (κ2) is 11.5. The van der Waals surface area contributed by atoms with Gasteiger partial charge in [-0.2, -0.15) is 0 Å². The van der Waals surface area contributed by atoms with Crippen LogP contribution in [0.25, 0.3) is 0 Å². The fraction of sp³-hybridized carbons (Fsp3) is 0.357. The highest BCUT2D eigenvalue weighted by Gasteiger charge is 2.43.